The Hall–Kier alpha value is -3.62. The third kappa shape index (κ3) is 6.09. The van der Waals surface area contributed by atoms with Crippen molar-refractivity contribution in [2.24, 2.45) is 5.92 Å². The number of amides is 3. The van der Waals surface area contributed by atoms with Gasteiger partial charge in [0, 0.05) is 52.8 Å². The molecule has 0 atom stereocenters. The molecule has 1 aromatic heterocycles. The molecule has 2 aliphatic rings. The zero-order valence-corrected chi connectivity index (χ0v) is 20.3. The van der Waals surface area contributed by atoms with Gasteiger partial charge in [0.25, 0.3) is 5.91 Å². The molecule has 0 bridgehead atoms. The zero-order valence-electron chi connectivity index (χ0n) is 20.3. The van der Waals surface area contributed by atoms with Gasteiger partial charge in [0.15, 0.2) is 11.5 Å². The molecule has 0 unspecified atom stereocenters. The molecule has 0 spiro atoms. The van der Waals surface area contributed by atoms with Crippen molar-refractivity contribution in [2.45, 2.75) is 26.2 Å². The van der Waals surface area contributed by atoms with Crippen LogP contribution in [0.5, 0.6) is 17.4 Å². The van der Waals surface area contributed by atoms with Crippen molar-refractivity contribution in [3.8, 4) is 17.4 Å². The van der Waals surface area contributed by atoms with Gasteiger partial charge >= 0.3 is 0 Å². The molecular formula is C26H32N4O5. The molecular weight excluding hydrogens is 448 g/mol. The number of pyridine rings is 1. The topological polar surface area (TPSA) is 92.3 Å². The smallest absolute Gasteiger partial charge is 0.259 e. The largest absolute Gasteiger partial charge is 0.488 e. The van der Waals surface area contributed by atoms with Gasteiger partial charge in [0.2, 0.25) is 17.7 Å². The van der Waals surface area contributed by atoms with Crippen molar-refractivity contribution in [1.82, 2.24) is 19.7 Å². The molecule has 2 aliphatic heterocycles. The van der Waals surface area contributed by atoms with E-state index in [-0.39, 0.29) is 29.5 Å². The number of nitrogens with zero attached hydrogens (tertiary/aromatic N) is 4. The highest BCUT2D eigenvalue weighted by atomic mass is 16.5. The van der Waals surface area contributed by atoms with Crippen LogP contribution in [-0.4, -0.2) is 83.8 Å². The lowest BCUT2D eigenvalue weighted by atomic mass is 9.93. The van der Waals surface area contributed by atoms with Crippen LogP contribution in [0.3, 0.4) is 0 Å². The molecule has 0 N–H and O–H groups in total. The van der Waals surface area contributed by atoms with Crippen molar-refractivity contribution < 1.29 is 23.9 Å². The van der Waals surface area contributed by atoms with Gasteiger partial charge in [-0.3, -0.25) is 14.4 Å². The van der Waals surface area contributed by atoms with Crippen LogP contribution in [0.1, 0.15) is 36.5 Å². The first-order valence-corrected chi connectivity index (χ1v) is 12.1. The van der Waals surface area contributed by atoms with Gasteiger partial charge in [-0.2, -0.15) is 0 Å². The molecule has 1 saturated heterocycles. The first-order chi connectivity index (χ1) is 16.9. The van der Waals surface area contributed by atoms with Gasteiger partial charge in [0.1, 0.15) is 12.2 Å². The van der Waals surface area contributed by atoms with Gasteiger partial charge in [-0.1, -0.05) is 12.1 Å². The predicted molar refractivity (Wildman–Crippen MR) is 129 cm³/mol. The van der Waals surface area contributed by atoms with Crippen molar-refractivity contribution in [2.75, 3.05) is 46.4 Å². The Morgan fingerprint density at radius 3 is 2.46 bits per heavy atom. The van der Waals surface area contributed by atoms with E-state index < -0.39 is 0 Å². The van der Waals surface area contributed by atoms with Crippen LogP contribution in [0.4, 0.5) is 0 Å². The summed E-state index contributed by atoms with van der Waals surface area (Å²) >= 11 is 0. The minimum absolute atomic E-state index is 0.0391. The Kier molecular flexibility index (Phi) is 7.84. The minimum Gasteiger partial charge on any atom is -0.488 e. The van der Waals surface area contributed by atoms with Crippen molar-refractivity contribution >= 4 is 17.7 Å². The van der Waals surface area contributed by atoms with Crippen LogP contribution in [0.15, 0.2) is 42.6 Å². The fourth-order valence-electron chi connectivity index (χ4n) is 4.43. The summed E-state index contributed by atoms with van der Waals surface area (Å²) in [6, 6.07) is 10.6. The maximum absolute atomic E-state index is 13.3. The fraction of sp³-hybridized carbons (Fsp3) is 0.462. The first-order valence-electron chi connectivity index (χ1n) is 12.1. The monoisotopic (exact) mass is 480 g/mol. The highest BCUT2D eigenvalue weighted by Crippen LogP contribution is 2.32. The Morgan fingerprint density at radius 2 is 1.71 bits per heavy atom. The maximum Gasteiger partial charge on any atom is 0.259 e. The van der Waals surface area contributed by atoms with E-state index >= 15 is 0 Å². The molecule has 0 radical (unpaired) electrons. The molecule has 0 saturated carbocycles. The van der Waals surface area contributed by atoms with Crippen LogP contribution in [0.25, 0.3) is 0 Å². The minimum atomic E-state index is -0.227. The highest BCUT2D eigenvalue weighted by Gasteiger charge is 2.26. The molecule has 1 fully saturated rings. The van der Waals surface area contributed by atoms with Crippen LogP contribution < -0.4 is 9.47 Å². The number of piperidine rings is 1. The van der Waals surface area contributed by atoms with Gasteiger partial charge in [-0.25, -0.2) is 4.98 Å². The molecule has 9 heteroatoms. The predicted octanol–water partition coefficient (Wildman–Crippen LogP) is 2.82. The van der Waals surface area contributed by atoms with E-state index in [1.807, 2.05) is 17.0 Å². The average Bonchev–Trinajstić information content (AvgIpc) is 2.87. The summed E-state index contributed by atoms with van der Waals surface area (Å²) in [5.41, 5.74) is 0.346. The molecule has 3 amide bonds. The Balaban J connectivity index is 1.50. The lowest BCUT2D eigenvalue weighted by molar-refractivity contribution is -0.133. The second kappa shape index (κ2) is 11.2. The number of aromatic nitrogens is 1. The summed E-state index contributed by atoms with van der Waals surface area (Å²) < 4.78 is 12.0. The highest BCUT2D eigenvalue weighted by molar-refractivity contribution is 5.96. The number of benzene rings is 1. The summed E-state index contributed by atoms with van der Waals surface area (Å²) in [5.74, 6) is 1.33. The molecule has 3 heterocycles. The zero-order chi connectivity index (χ0) is 24.8. The number of hydrogen-bond donors (Lipinski definition) is 0. The maximum atomic E-state index is 13.3. The van der Waals surface area contributed by atoms with Crippen LogP contribution in [-0.2, 0) is 9.59 Å². The van der Waals surface area contributed by atoms with Crippen molar-refractivity contribution in [3.05, 3.63) is 48.2 Å². The number of para-hydroxylation sites is 2. The van der Waals surface area contributed by atoms with E-state index in [0.717, 1.165) is 12.8 Å². The standard InChI is InChI=1S/C26H32N4O5/c1-19(31)29-12-9-20(10-13-29)18-24(32)30-15-14-28(2)26(33)21-6-5-11-27-25(21)35-23-8-4-3-7-22(23)34-17-16-30/h3-8,11,20H,9-10,12-18H2,1-2H3. The average molecular weight is 481 g/mol. The number of rotatable bonds is 2. The van der Waals surface area contributed by atoms with E-state index in [2.05, 4.69) is 4.98 Å². The molecule has 0 aliphatic carbocycles. The molecule has 35 heavy (non-hydrogen) atoms. The Morgan fingerprint density at radius 1 is 0.971 bits per heavy atom. The summed E-state index contributed by atoms with van der Waals surface area (Å²) in [6.45, 7) is 4.42. The van der Waals surface area contributed by atoms with Crippen LogP contribution in [0.2, 0.25) is 0 Å². The number of fused-ring (bicyclic) bond motifs is 2. The van der Waals surface area contributed by atoms with Crippen molar-refractivity contribution in [3.63, 3.8) is 0 Å². The normalized spacial score (nSPS) is 17.7. The molecule has 1 aromatic carbocycles. The molecule has 186 valence electrons. The Bertz CT molecular complexity index is 1070. The van der Waals surface area contributed by atoms with E-state index in [9.17, 15) is 14.4 Å². The van der Waals surface area contributed by atoms with E-state index in [1.54, 1.807) is 54.2 Å². The Labute approximate surface area is 205 Å². The summed E-state index contributed by atoms with van der Waals surface area (Å²) in [6.07, 6.45) is 3.65. The molecule has 9 nitrogen and oxygen atoms in total. The quantitative estimate of drug-likeness (QED) is 0.656. The molecule has 2 aromatic rings. The van der Waals surface area contributed by atoms with E-state index in [0.29, 0.717) is 62.8 Å². The summed E-state index contributed by atoms with van der Waals surface area (Å²) in [4.78, 5) is 47.5. The van der Waals surface area contributed by atoms with Crippen LogP contribution >= 0.6 is 0 Å². The second-order valence-electron chi connectivity index (χ2n) is 9.01. The number of likely N-dealkylation sites (N-methyl/N-ethyl adjacent to an activating group) is 1. The van der Waals surface area contributed by atoms with E-state index in [1.165, 1.54) is 0 Å². The van der Waals surface area contributed by atoms with Gasteiger partial charge < -0.3 is 24.2 Å². The third-order valence-corrected chi connectivity index (χ3v) is 6.60. The van der Waals surface area contributed by atoms with Gasteiger partial charge in [-0.15, -0.1) is 0 Å². The van der Waals surface area contributed by atoms with Gasteiger partial charge in [0.05, 0.1) is 6.54 Å². The molecule has 4 rings (SSSR count). The second-order valence-corrected chi connectivity index (χ2v) is 9.01. The first kappa shape index (κ1) is 24.5. The van der Waals surface area contributed by atoms with Gasteiger partial charge in [-0.05, 0) is 43.0 Å². The summed E-state index contributed by atoms with van der Waals surface area (Å²) in [7, 11) is 1.71. The number of carbonyl (C=O) groups is 3. The SMILES string of the molecule is CC(=O)N1CCC(CC(=O)N2CCOc3ccccc3Oc3ncccc3C(=O)N(C)CC2)CC1. The number of likely N-dealkylation sites (tertiary alicyclic amines) is 1. The van der Waals surface area contributed by atoms with Crippen LogP contribution in [0, 0.1) is 5.92 Å². The lowest BCUT2D eigenvalue weighted by Crippen LogP contribution is -2.43. The third-order valence-electron chi connectivity index (χ3n) is 6.60. The summed E-state index contributed by atoms with van der Waals surface area (Å²) in [5, 5.41) is 0. The van der Waals surface area contributed by atoms with E-state index in [4.69, 9.17) is 9.47 Å². The lowest BCUT2D eigenvalue weighted by Gasteiger charge is -2.32. The number of ether oxygens (including phenoxy) is 2. The fourth-order valence-corrected chi connectivity index (χ4v) is 4.43. The number of hydrogen-bond acceptors (Lipinski definition) is 6. The van der Waals surface area contributed by atoms with Crippen molar-refractivity contribution in [1.29, 1.82) is 0 Å². The number of carbonyl (C=O) groups excluding carboxylic acids is 3.